The van der Waals surface area contributed by atoms with Crippen LogP contribution in [0, 0.1) is 12.0 Å². The van der Waals surface area contributed by atoms with Crippen molar-refractivity contribution in [3.63, 3.8) is 0 Å². The van der Waals surface area contributed by atoms with Gasteiger partial charge in [0.25, 0.3) is 0 Å². The van der Waals surface area contributed by atoms with Crippen molar-refractivity contribution in [1.82, 2.24) is 5.32 Å². The minimum Gasteiger partial charge on any atom is -0.313 e. The topological polar surface area (TPSA) is 12.0 Å². The molecule has 1 N–H and O–H groups in total. The van der Waals surface area contributed by atoms with Crippen molar-refractivity contribution in [3.8, 4) is 0 Å². The van der Waals surface area contributed by atoms with Crippen molar-refractivity contribution >= 4 is 0 Å². The molecule has 1 heteroatoms. The lowest BCUT2D eigenvalue weighted by molar-refractivity contribution is 0.582. The summed E-state index contributed by atoms with van der Waals surface area (Å²) in [6.45, 7) is 8.84. The van der Waals surface area contributed by atoms with Gasteiger partial charge in [0.15, 0.2) is 0 Å². The first kappa shape index (κ1) is 13.2. The Labute approximate surface area is 100 Å². The van der Waals surface area contributed by atoms with E-state index in [1.807, 2.05) is 6.07 Å². The molecule has 1 nitrogen and oxygen atoms in total. The fourth-order valence-electron chi connectivity index (χ4n) is 1.75. The number of hydrogen-bond donors (Lipinski definition) is 1. The Bertz CT molecular complexity index is 291. The highest BCUT2D eigenvalue weighted by Crippen LogP contribution is 2.13. The molecule has 1 radical (unpaired) electrons. The quantitative estimate of drug-likeness (QED) is 0.690. The molecule has 0 heterocycles. The van der Waals surface area contributed by atoms with E-state index in [0.717, 1.165) is 19.0 Å². The number of nitrogens with one attached hydrogen (secondary N) is 1. The Morgan fingerprint density at radius 3 is 2.81 bits per heavy atom. The highest BCUT2D eigenvalue weighted by molar-refractivity contribution is 5.26. The van der Waals surface area contributed by atoms with Crippen LogP contribution in [0.15, 0.2) is 18.2 Å². The van der Waals surface area contributed by atoms with Crippen molar-refractivity contribution in [2.75, 3.05) is 6.54 Å². The van der Waals surface area contributed by atoms with Crippen LogP contribution in [0.25, 0.3) is 0 Å². The van der Waals surface area contributed by atoms with Crippen LogP contribution in [0.5, 0.6) is 0 Å². The van der Waals surface area contributed by atoms with Gasteiger partial charge in [0.1, 0.15) is 0 Å². The van der Waals surface area contributed by atoms with Crippen LogP contribution >= 0.6 is 0 Å². The van der Waals surface area contributed by atoms with E-state index in [9.17, 15) is 0 Å². The largest absolute Gasteiger partial charge is 0.313 e. The minimum atomic E-state index is 0.778. The summed E-state index contributed by atoms with van der Waals surface area (Å²) in [5.74, 6) is 0.778. The molecule has 89 valence electrons. The van der Waals surface area contributed by atoms with Gasteiger partial charge in [-0.2, -0.15) is 0 Å². The second-order valence-electron chi connectivity index (χ2n) is 4.80. The lowest BCUT2D eigenvalue weighted by atomic mass is 9.98. The van der Waals surface area contributed by atoms with E-state index >= 15 is 0 Å². The van der Waals surface area contributed by atoms with Crippen LogP contribution < -0.4 is 5.32 Å². The number of benzene rings is 1. The van der Waals surface area contributed by atoms with E-state index in [1.165, 1.54) is 30.4 Å². The summed E-state index contributed by atoms with van der Waals surface area (Å²) in [4.78, 5) is 0. The van der Waals surface area contributed by atoms with Gasteiger partial charge in [-0.3, -0.25) is 0 Å². The van der Waals surface area contributed by atoms with Gasteiger partial charge >= 0.3 is 0 Å². The summed E-state index contributed by atoms with van der Waals surface area (Å²) in [6, 6.07) is 9.54. The molecule has 0 saturated heterocycles. The summed E-state index contributed by atoms with van der Waals surface area (Å²) >= 11 is 0. The molecule has 0 spiro atoms. The zero-order chi connectivity index (χ0) is 11.8. The van der Waals surface area contributed by atoms with Crippen LogP contribution in [0.3, 0.4) is 0 Å². The Hall–Kier alpha value is -0.820. The predicted molar refractivity (Wildman–Crippen MR) is 70.4 cm³/mol. The van der Waals surface area contributed by atoms with Gasteiger partial charge in [-0.05, 0) is 55.0 Å². The highest BCUT2D eigenvalue weighted by Gasteiger charge is 2.02. The molecule has 0 aliphatic carbocycles. The van der Waals surface area contributed by atoms with Crippen LogP contribution in [0.1, 0.15) is 44.7 Å². The number of hydrogen-bond acceptors (Lipinski definition) is 1. The summed E-state index contributed by atoms with van der Waals surface area (Å²) in [6.07, 6.45) is 3.65. The zero-order valence-electron chi connectivity index (χ0n) is 10.8. The third-order valence-electron chi connectivity index (χ3n) is 2.78. The third-order valence-corrected chi connectivity index (χ3v) is 2.78. The van der Waals surface area contributed by atoms with E-state index in [0.29, 0.717) is 0 Å². The number of rotatable bonds is 7. The van der Waals surface area contributed by atoms with Gasteiger partial charge in [0.05, 0.1) is 0 Å². The van der Waals surface area contributed by atoms with E-state index in [1.54, 1.807) is 0 Å². The molecule has 1 rings (SSSR count). The Balaban J connectivity index is 2.53. The molecule has 0 aromatic heterocycles. The lowest BCUT2D eigenvalue weighted by Gasteiger charge is -2.11. The van der Waals surface area contributed by atoms with Crippen LogP contribution in [0.4, 0.5) is 0 Å². The molecule has 0 saturated carbocycles. The highest BCUT2D eigenvalue weighted by atomic mass is 14.8. The molecule has 1 aromatic carbocycles. The van der Waals surface area contributed by atoms with Gasteiger partial charge in [0.2, 0.25) is 0 Å². The van der Waals surface area contributed by atoms with Crippen molar-refractivity contribution < 1.29 is 0 Å². The second-order valence-corrected chi connectivity index (χ2v) is 4.80. The smallest absolute Gasteiger partial charge is 0.0208 e. The number of aryl methyl sites for hydroxylation is 1. The van der Waals surface area contributed by atoms with E-state index in [2.05, 4.69) is 44.3 Å². The van der Waals surface area contributed by atoms with Crippen LogP contribution in [-0.4, -0.2) is 6.54 Å². The van der Waals surface area contributed by atoms with E-state index in [4.69, 9.17) is 0 Å². The molecule has 16 heavy (non-hydrogen) atoms. The Kier molecular flexibility index (Phi) is 6.17. The maximum absolute atomic E-state index is 3.46. The molecule has 0 bridgehead atoms. The maximum Gasteiger partial charge on any atom is 0.0208 e. The molecule has 0 fully saturated rings. The van der Waals surface area contributed by atoms with Crippen LogP contribution in [-0.2, 0) is 13.0 Å². The zero-order valence-corrected chi connectivity index (χ0v) is 10.8. The molecule has 0 aliphatic rings. The molecule has 0 amide bonds. The predicted octanol–water partition coefficient (Wildman–Crippen LogP) is 3.57. The third kappa shape index (κ3) is 4.80. The van der Waals surface area contributed by atoms with Crippen molar-refractivity contribution in [2.45, 2.75) is 46.6 Å². The van der Waals surface area contributed by atoms with Gasteiger partial charge in [-0.1, -0.05) is 32.9 Å². The van der Waals surface area contributed by atoms with Crippen LogP contribution in [0.2, 0.25) is 0 Å². The fraction of sp³-hybridized carbons (Fsp3) is 0.600. The van der Waals surface area contributed by atoms with Gasteiger partial charge in [0, 0.05) is 6.54 Å². The Morgan fingerprint density at radius 1 is 1.31 bits per heavy atom. The SMILES string of the molecule is CCCNCc1c[c]ccc1CCC(C)C. The lowest BCUT2D eigenvalue weighted by Crippen LogP contribution is -2.15. The molecule has 0 aliphatic heterocycles. The van der Waals surface area contributed by atoms with E-state index in [-0.39, 0.29) is 0 Å². The average Bonchev–Trinajstić information content (AvgIpc) is 2.28. The first-order valence-corrected chi connectivity index (χ1v) is 6.42. The van der Waals surface area contributed by atoms with Crippen molar-refractivity contribution in [2.24, 2.45) is 5.92 Å². The monoisotopic (exact) mass is 218 g/mol. The van der Waals surface area contributed by atoms with Gasteiger partial charge in [-0.15, -0.1) is 0 Å². The standard InChI is InChI=1S/C15H24N/c1-4-11-16-12-15-8-6-5-7-14(15)10-9-13(2)3/h5,7-8,13,16H,4,9-12H2,1-3H3. The first-order valence-electron chi connectivity index (χ1n) is 6.42. The molecular weight excluding hydrogens is 194 g/mol. The molecular formula is C15H24N. The fourth-order valence-corrected chi connectivity index (χ4v) is 1.75. The average molecular weight is 218 g/mol. The summed E-state index contributed by atoms with van der Waals surface area (Å²) < 4.78 is 0. The van der Waals surface area contributed by atoms with Gasteiger partial charge < -0.3 is 5.32 Å². The summed E-state index contributed by atoms with van der Waals surface area (Å²) in [5.41, 5.74) is 2.90. The Morgan fingerprint density at radius 2 is 2.12 bits per heavy atom. The maximum atomic E-state index is 3.46. The summed E-state index contributed by atoms with van der Waals surface area (Å²) in [7, 11) is 0. The van der Waals surface area contributed by atoms with E-state index < -0.39 is 0 Å². The van der Waals surface area contributed by atoms with Crippen molar-refractivity contribution in [3.05, 3.63) is 35.4 Å². The second kappa shape index (κ2) is 7.45. The normalized spacial score (nSPS) is 11.0. The molecule has 0 atom stereocenters. The summed E-state index contributed by atoms with van der Waals surface area (Å²) in [5, 5.41) is 3.46. The first-order chi connectivity index (χ1) is 7.74. The molecule has 1 aromatic rings. The van der Waals surface area contributed by atoms with Gasteiger partial charge in [-0.25, -0.2) is 0 Å². The molecule has 0 unspecified atom stereocenters. The van der Waals surface area contributed by atoms with Crippen molar-refractivity contribution in [1.29, 1.82) is 0 Å². The minimum absolute atomic E-state index is 0.778.